The van der Waals surface area contributed by atoms with Crippen LogP contribution in [0.5, 0.6) is 0 Å². The van der Waals surface area contributed by atoms with E-state index in [1.165, 1.54) is 33.4 Å². The van der Waals surface area contributed by atoms with Crippen molar-refractivity contribution in [1.82, 2.24) is 19.1 Å². The molecule has 0 saturated heterocycles. The summed E-state index contributed by atoms with van der Waals surface area (Å²) in [6.45, 7) is 22.6. The smallest absolute Gasteiger partial charge is 0.146 e. The third kappa shape index (κ3) is 5.34. The van der Waals surface area contributed by atoms with E-state index in [0.29, 0.717) is 0 Å². The maximum Gasteiger partial charge on any atom is 0.146 e. The van der Waals surface area contributed by atoms with Crippen molar-refractivity contribution in [2.75, 3.05) is 0 Å². The lowest BCUT2D eigenvalue weighted by Crippen LogP contribution is -2.19. The average molecular weight is 631 g/mol. The monoisotopic (exact) mass is 630 g/mol. The first-order valence-corrected chi connectivity index (χ1v) is 17.0. The molecule has 0 aliphatic rings. The third-order valence-electron chi connectivity index (χ3n) is 9.82. The first-order valence-electron chi connectivity index (χ1n) is 17.0. The van der Waals surface area contributed by atoms with Crippen molar-refractivity contribution in [3.63, 3.8) is 0 Å². The van der Waals surface area contributed by atoms with E-state index in [1.807, 2.05) is 0 Å². The number of imidazole rings is 2. The Morgan fingerprint density at radius 2 is 0.771 bits per heavy atom. The fourth-order valence-corrected chi connectivity index (χ4v) is 6.91. The summed E-state index contributed by atoms with van der Waals surface area (Å²) >= 11 is 0. The highest BCUT2D eigenvalue weighted by molar-refractivity contribution is 5.89. The van der Waals surface area contributed by atoms with Crippen molar-refractivity contribution in [3.05, 3.63) is 130 Å². The molecule has 0 amide bonds. The van der Waals surface area contributed by atoms with Crippen molar-refractivity contribution >= 4 is 22.1 Å². The molecule has 0 fully saturated rings. The number of aromatic nitrogens is 4. The molecule has 2 heterocycles. The van der Waals surface area contributed by atoms with Crippen LogP contribution in [0, 0.1) is 27.7 Å². The number of hydrogen-bond acceptors (Lipinski definition) is 2. The van der Waals surface area contributed by atoms with Gasteiger partial charge in [-0.2, -0.15) is 0 Å². The van der Waals surface area contributed by atoms with Gasteiger partial charge in [-0.25, -0.2) is 9.97 Å². The number of benzene rings is 5. The lowest BCUT2D eigenvalue weighted by molar-refractivity contribution is 0.578. The molecule has 0 saturated carbocycles. The number of nitrogens with zero attached hydrogens (tertiary/aromatic N) is 4. The Morgan fingerprint density at radius 1 is 0.438 bits per heavy atom. The van der Waals surface area contributed by atoms with Gasteiger partial charge in [0.05, 0.1) is 22.1 Å². The summed E-state index contributed by atoms with van der Waals surface area (Å²) in [5.74, 6) is 1.93. The molecular weight excluding hydrogens is 585 g/mol. The van der Waals surface area contributed by atoms with Crippen LogP contribution in [0.3, 0.4) is 0 Å². The van der Waals surface area contributed by atoms with Crippen LogP contribution in [0.4, 0.5) is 0 Å². The molecule has 0 atom stereocenters. The number of aryl methyl sites for hydroxylation is 4. The predicted octanol–water partition coefficient (Wildman–Crippen LogP) is 11.5. The molecule has 242 valence electrons. The Balaban J connectivity index is 1.61. The molecule has 2 aromatic heterocycles. The van der Waals surface area contributed by atoms with E-state index in [-0.39, 0.29) is 10.8 Å². The molecule has 4 nitrogen and oxygen atoms in total. The topological polar surface area (TPSA) is 35.6 Å². The molecule has 0 N–H and O–H groups in total. The Labute approximate surface area is 285 Å². The molecule has 0 aliphatic carbocycles. The molecule has 0 spiro atoms. The Hall–Kier alpha value is -4.96. The lowest BCUT2D eigenvalue weighted by atomic mass is 9.76. The van der Waals surface area contributed by atoms with Crippen molar-refractivity contribution in [3.8, 4) is 34.2 Å². The summed E-state index contributed by atoms with van der Waals surface area (Å²) in [4.78, 5) is 10.8. The predicted molar refractivity (Wildman–Crippen MR) is 203 cm³/mol. The minimum atomic E-state index is -0.178. The number of para-hydroxylation sites is 2. The minimum Gasteiger partial charge on any atom is -0.292 e. The van der Waals surface area contributed by atoms with Gasteiger partial charge in [0.2, 0.25) is 0 Å². The summed E-state index contributed by atoms with van der Waals surface area (Å²) in [5, 5.41) is 0. The van der Waals surface area contributed by atoms with E-state index in [1.54, 1.807) is 0 Å². The summed E-state index contributed by atoms with van der Waals surface area (Å²) in [7, 11) is 0. The second-order valence-corrected chi connectivity index (χ2v) is 15.5. The molecule has 0 aliphatic heterocycles. The van der Waals surface area contributed by atoms with Crippen LogP contribution in [0.15, 0.2) is 97.1 Å². The SMILES string of the molecule is Cc1cc2nc(-c3cc(C(C)(C)C)c(-c4nc5cc(C)c(C)cc5n4-c4ccccc4)cc3C(C)(C)C)n(-c3ccccc3)c2cc1C. The van der Waals surface area contributed by atoms with Crippen molar-refractivity contribution in [2.24, 2.45) is 0 Å². The first-order chi connectivity index (χ1) is 22.7. The first kappa shape index (κ1) is 31.6. The molecule has 0 bridgehead atoms. The Morgan fingerprint density at radius 3 is 1.10 bits per heavy atom. The largest absolute Gasteiger partial charge is 0.292 e. The number of rotatable bonds is 4. The third-order valence-corrected chi connectivity index (χ3v) is 9.82. The molecule has 7 aromatic rings. The van der Waals surface area contributed by atoms with E-state index in [2.05, 4.69) is 175 Å². The van der Waals surface area contributed by atoms with Crippen molar-refractivity contribution in [1.29, 1.82) is 0 Å². The number of fused-ring (bicyclic) bond motifs is 2. The van der Waals surface area contributed by atoms with Crippen LogP contribution in [-0.4, -0.2) is 19.1 Å². The second-order valence-electron chi connectivity index (χ2n) is 15.5. The normalized spacial score (nSPS) is 12.4. The highest BCUT2D eigenvalue weighted by Crippen LogP contribution is 2.44. The van der Waals surface area contributed by atoms with Gasteiger partial charge in [0.1, 0.15) is 11.6 Å². The van der Waals surface area contributed by atoms with Crippen LogP contribution in [0.25, 0.3) is 56.2 Å². The fourth-order valence-electron chi connectivity index (χ4n) is 6.91. The number of hydrogen-bond donors (Lipinski definition) is 0. The Kier molecular flexibility index (Phi) is 7.47. The van der Waals surface area contributed by atoms with Gasteiger partial charge in [-0.1, -0.05) is 77.9 Å². The van der Waals surface area contributed by atoms with Gasteiger partial charge in [-0.05, 0) is 133 Å². The van der Waals surface area contributed by atoms with Crippen LogP contribution < -0.4 is 0 Å². The van der Waals surface area contributed by atoms with E-state index in [9.17, 15) is 0 Å². The molecule has 0 unspecified atom stereocenters. The maximum absolute atomic E-state index is 5.42. The van der Waals surface area contributed by atoms with E-state index in [4.69, 9.17) is 9.97 Å². The van der Waals surface area contributed by atoms with E-state index >= 15 is 0 Å². The summed E-state index contributed by atoms with van der Waals surface area (Å²) in [5.41, 5.74) is 15.9. The molecule has 4 heteroatoms. The van der Waals surface area contributed by atoms with Gasteiger partial charge in [-0.3, -0.25) is 9.13 Å². The molecule has 48 heavy (non-hydrogen) atoms. The van der Waals surface area contributed by atoms with E-state index in [0.717, 1.165) is 56.2 Å². The van der Waals surface area contributed by atoms with Gasteiger partial charge in [0.25, 0.3) is 0 Å². The standard InChI is InChI=1S/C44H46N4/c1-27-21-37-39(23-29(27)3)47(31-17-13-11-14-18-31)41(45-37)33-25-36(44(8,9)10)34(26-35(33)43(5,6)7)42-46-38-22-28(2)30(4)24-40(38)48(42)32-19-15-12-16-20-32/h11-26H,1-10H3. The highest BCUT2D eigenvalue weighted by Gasteiger charge is 2.31. The van der Waals surface area contributed by atoms with Gasteiger partial charge in [0, 0.05) is 22.5 Å². The molecule has 0 radical (unpaired) electrons. The van der Waals surface area contributed by atoms with Crippen LogP contribution in [0.2, 0.25) is 0 Å². The summed E-state index contributed by atoms with van der Waals surface area (Å²) in [6, 6.07) is 35.2. The molecule has 5 aromatic carbocycles. The summed E-state index contributed by atoms with van der Waals surface area (Å²) < 4.78 is 4.70. The maximum atomic E-state index is 5.42. The van der Waals surface area contributed by atoms with E-state index < -0.39 is 0 Å². The zero-order valence-corrected chi connectivity index (χ0v) is 30.0. The van der Waals surface area contributed by atoms with Gasteiger partial charge in [-0.15, -0.1) is 0 Å². The zero-order valence-electron chi connectivity index (χ0n) is 30.0. The van der Waals surface area contributed by atoms with Crippen LogP contribution in [-0.2, 0) is 10.8 Å². The van der Waals surface area contributed by atoms with Crippen molar-refractivity contribution in [2.45, 2.75) is 80.1 Å². The lowest BCUT2D eigenvalue weighted by Gasteiger charge is -2.30. The van der Waals surface area contributed by atoms with Gasteiger partial charge in [0.15, 0.2) is 0 Å². The average Bonchev–Trinajstić information content (AvgIpc) is 3.58. The molecular formula is C44H46N4. The van der Waals surface area contributed by atoms with Crippen molar-refractivity contribution < 1.29 is 0 Å². The second kappa shape index (κ2) is 11.3. The van der Waals surface area contributed by atoms with Gasteiger partial charge < -0.3 is 0 Å². The quantitative estimate of drug-likeness (QED) is 0.194. The highest BCUT2D eigenvalue weighted by atomic mass is 15.1. The fraction of sp³-hybridized carbons (Fsp3) is 0.273. The minimum absolute atomic E-state index is 0.178. The zero-order chi connectivity index (χ0) is 34.1. The van der Waals surface area contributed by atoms with Crippen LogP contribution in [0.1, 0.15) is 74.9 Å². The Bertz CT molecular complexity index is 2160. The summed E-state index contributed by atoms with van der Waals surface area (Å²) in [6.07, 6.45) is 0. The molecule has 7 rings (SSSR count). The van der Waals surface area contributed by atoms with Gasteiger partial charge >= 0.3 is 0 Å². The van der Waals surface area contributed by atoms with Crippen LogP contribution >= 0.6 is 0 Å².